The molecule has 0 radical (unpaired) electrons. The number of primary amides is 1. The largest absolute Gasteiger partial charge is 0.430 e. The monoisotopic (exact) mass is 252 g/mol. The van der Waals surface area contributed by atoms with Gasteiger partial charge in [-0.3, -0.25) is 4.79 Å². The van der Waals surface area contributed by atoms with E-state index in [0.717, 1.165) is 16.7 Å². The molecular weight excluding hydrogens is 237 g/mol. The predicted molar refractivity (Wildman–Crippen MR) is 66.7 cm³/mol. The van der Waals surface area contributed by atoms with Gasteiger partial charge in [0.2, 0.25) is 6.16 Å². The maximum absolute atomic E-state index is 11.9. The maximum atomic E-state index is 11.9. The Morgan fingerprint density at radius 3 is 2.06 bits per heavy atom. The first kappa shape index (κ1) is 13.5. The van der Waals surface area contributed by atoms with Crippen molar-refractivity contribution in [1.29, 1.82) is 0 Å². The van der Waals surface area contributed by atoms with E-state index in [4.69, 9.17) is 5.73 Å². The van der Waals surface area contributed by atoms with Crippen molar-refractivity contribution >= 4 is 19.2 Å². The van der Waals surface area contributed by atoms with Gasteiger partial charge in [-0.05, 0) is 31.9 Å². The molecule has 17 heavy (non-hydrogen) atoms. The van der Waals surface area contributed by atoms with Crippen molar-refractivity contribution in [1.82, 2.24) is 0 Å². The summed E-state index contributed by atoms with van der Waals surface area (Å²) in [6.45, 7) is 5.51. The Hall–Kier alpha value is -1.54. The summed E-state index contributed by atoms with van der Waals surface area (Å²) in [6.07, 6.45) is -0.388. The number of benzene rings is 1. The zero-order chi connectivity index (χ0) is 13.2. The Bertz CT molecular complexity index is 485. The number of amides is 1. The van der Waals surface area contributed by atoms with Gasteiger partial charge in [-0.1, -0.05) is 22.3 Å². The molecule has 0 bridgehead atoms. The van der Waals surface area contributed by atoms with Gasteiger partial charge in [-0.2, -0.15) is 0 Å². The summed E-state index contributed by atoms with van der Waals surface area (Å²) in [6, 6.07) is 3.71. The highest BCUT2D eigenvalue weighted by Gasteiger charge is 2.33. The van der Waals surface area contributed by atoms with Crippen molar-refractivity contribution in [2.24, 2.45) is 5.73 Å². The standard InChI is InChI=1S/C12H14NO3P/c1-7-4-8(2)11(9(3)5-7)12(15)17(16)6-10(13)14/h4-5H,6H2,1-3H3,(H-,13,14)/p+1. The van der Waals surface area contributed by atoms with E-state index in [2.05, 4.69) is 0 Å². The van der Waals surface area contributed by atoms with Crippen LogP contribution in [0.5, 0.6) is 0 Å². The third-order valence-electron chi connectivity index (χ3n) is 2.42. The number of hydrogen-bond donors (Lipinski definition) is 1. The van der Waals surface area contributed by atoms with Crippen molar-refractivity contribution in [2.45, 2.75) is 20.8 Å². The molecule has 0 spiro atoms. The molecule has 5 heteroatoms. The highest BCUT2D eigenvalue weighted by atomic mass is 31.1. The third-order valence-corrected chi connectivity index (χ3v) is 3.69. The molecule has 1 unspecified atom stereocenters. The second-order valence-electron chi connectivity index (χ2n) is 4.08. The van der Waals surface area contributed by atoms with Crippen LogP contribution >= 0.6 is 7.80 Å². The summed E-state index contributed by atoms with van der Waals surface area (Å²) in [4.78, 5) is 22.6. The second-order valence-corrected chi connectivity index (χ2v) is 5.56. The molecule has 90 valence electrons. The Morgan fingerprint density at radius 1 is 1.18 bits per heavy atom. The SMILES string of the molecule is Cc1cc(C)c(C(=O)[P+](=O)CC(N)=O)c(C)c1. The fourth-order valence-corrected chi connectivity index (χ4v) is 2.88. The highest BCUT2D eigenvalue weighted by Crippen LogP contribution is 2.30. The van der Waals surface area contributed by atoms with Crippen LogP contribution in [0.15, 0.2) is 12.1 Å². The number of carbonyl (C=O) groups excluding carboxylic acids is 2. The molecule has 0 aromatic heterocycles. The van der Waals surface area contributed by atoms with Crippen molar-refractivity contribution in [3.63, 3.8) is 0 Å². The Kier molecular flexibility index (Phi) is 4.13. The Balaban J connectivity index is 3.13. The van der Waals surface area contributed by atoms with Crippen LogP contribution in [0.4, 0.5) is 0 Å². The van der Waals surface area contributed by atoms with Gasteiger partial charge in [-0.15, -0.1) is 0 Å². The fourth-order valence-electron chi connectivity index (χ4n) is 1.86. The second kappa shape index (κ2) is 5.19. The number of rotatable bonds is 4. The maximum Gasteiger partial charge on any atom is 0.430 e. The van der Waals surface area contributed by atoms with Crippen LogP contribution in [-0.4, -0.2) is 17.6 Å². The topological polar surface area (TPSA) is 77.2 Å². The zero-order valence-corrected chi connectivity index (χ0v) is 11.0. The van der Waals surface area contributed by atoms with Gasteiger partial charge in [-0.25, -0.2) is 4.79 Å². The van der Waals surface area contributed by atoms with Gasteiger partial charge in [0.05, 0.1) is 5.56 Å². The van der Waals surface area contributed by atoms with Gasteiger partial charge in [0.1, 0.15) is 0 Å². The molecule has 0 saturated heterocycles. The van der Waals surface area contributed by atoms with E-state index in [9.17, 15) is 14.2 Å². The average Bonchev–Trinajstić information content (AvgIpc) is 2.14. The van der Waals surface area contributed by atoms with Crippen molar-refractivity contribution in [2.75, 3.05) is 6.16 Å². The number of nitrogens with two attached hydrogens (primary N) is 1. The van der Waals surface area contributed by atoms with Gasteiger partial charge in [0.25, 0.3) is 5.91 Å². The quantitative estimate of drug-likeness (QED) is 0.833. The lowest BCUT2D eigenvalue weighted by molar-refractivity contribution is -0.115. The summed E-state index contributed by atoms with van der Waals surface area (Å²) in [7, 11) is -2.26. The minimum Gasteiger partial charge on any atom is -0.366 e. The minimum atomic E-state index is -2.26. The number of carbonyl (C=O) groups is 2. The van der Waals surface area contributed by atoms with Gasteiger partial charge >= 0.3 is 13.3 Å². The average molecular weight is 252 g/mol. The lowest BCUT2D eigenvalue weighted by Gasteiger charge is -2.04. The van der Waals surface area contributed by atoms with Crippen LogP contribution in [0.3, 0.4) is 0 Å². The molecular formula is C12H15NO3P+. The summed E-state index contributed by atoms with van der Waals surface area (Å²) in [5, 5.41) is 0. The molecule has 0 aliphatic rings. The lowest BCUT2D eigenvalue weighted by atomic mass is 10.0. The number of hydrogen-bond acceptors (Lipinski definition) is 3. The molecule has 1 aromatic carbocycles. The fraction of sp³-hybridized carbons (Fsp3) is 0.333. The summed E-state index contributed by atoms with van der Waals surface area (Å²) in [5.74, 6) is -0.720. The summed E-state index contributed by atoms with van der Waals surface area (Å²) in [5.41, 5.74) is 7.48. The van der Waals surface area contributed by atoms with Gasteiger partial charge in [0.15, 0.2) is 0 Å². The minimum absolute atomic E-state index is 0.388. The first-order valence-electron chi connectivity index (χ1n) is 5.18. The molecule has 0 saturated carbocycles. The molecule has 0 aliphatic carbocycles. The predicted octanol–water partition coefficient (Wildman–Crippen LogP) is 2.06. The van der Waals surface area contributed by atoms with Crippen LogP contribution in [-0.2, 0) is 9.36 Å². The van der Waals surface area contributed by atoms with E-state index in [1.807, 2.05) is 19.1 Å². The molecule has 1 amide bonds. The van der Waals surface area contributed by atoms with E-state index in [1.54, 1.807) is 13.8 Å². The molecule has 2 N–H and O–H groups in total. The van der Waals surface area contributed by atoms with E-state index >= 15 is 0 Å². The highest BCUT2D eigenvalue weighted by molar-refractivity contribution is 7.65. The summed E-state index contributed by atoms with van der Waals surface area (Å²) < 4.78 is 11.6. The Labute approximate surface area is 101 Å². The van der Waals surface area contributed by atoms with Gasteiger partial charge in [0, 0.05) is 0 Å². The van der Waals surface area contributed by atoms with E-state index < -0.39 is 19.2 Å². The van der Waals surface area contributed by atoms with Crippen molar-refractivity contribution in [3.05, 3.63) is 34.4 Å². The van der Waals surface area contributed by atoms with Crippen molar-refractivity contribution in [3.8, 4) is 0 Å². The third kappa shape index (κ3) is 3.21. The first-order chi connectivity index (χ1) is 7.82. The molecule has 0 aliphatic heterocycles. The number of aryl methyl sites for hydroxylation is 3. The first-order valence-corrected chi connectivity index (χ1v) is 6.62. The van der Waals surface area contributed by atoms with Crippen LogP contribution in [0.25, 0.3) is 0 Å². The normalized spacial score (nSPS) is 11.1. The zero-order valence-electron chi connectivity index (χ0n) is 10.1. The Morgan fingerprint density at radius 2 is 1.65 bits per heavy atom. The van der Waals surface area contributed by atoms with Crippen LogP contribution in [0.1, 0.15) is 27.0 Å². The van der Waals surface area contributed by atoms with E-state index in [0.29, 0.717) is 5.56 Å². The van der Waals surface area contributed by atoms with Crippen molar-refractivity contribution < 1.29 is 14.2 Å². The lowest BCUT2D eigenvalue weighted by Crippen LogP contribution is -2.15. The smallest absolute Gasteiger partial charge is 0.366 e. The van der Waals surface area contributed by atoms with Crippen LogP contribution in [0, 0.1) is 20.8 Å². The molecule has 4 nitrogen and oxygen atoms in total. The van der Waals surface area contributed by atoms with Crippen LogP contribution < -0.4 is 5.73 Å². The van der Waals surface area contributed by atoms with E-state index in [-0.39, 0.29) is 6.16 Å². The molecule has 0 heterocycles. The summed E-state index contributed by atoms with van der Waals surface area (Å²) >= 11 is 0. The van der Waals surface area contributed by atoms with Gasteiger partial charge < -0.3 is 5.73 Å². The molecule has 1 rings (SSSR count). The molecule has 0 fully saturated rings. The van der Waals surface area contributed by atoms with Crippen LogP contribution in [0.2, 0.25) is 0 Å². The van der Waals surface area contributed by atoms with E-state index in [1.165, 1.54) is 0 Å². The molecule has 1 atom stereocenters. The molecule has 1 aromatic rings.